The van der Waals surface area contributed by atoms with Crippen LogP contribution in [0, 0.1) is 5.41 Å². The molecule has 2 aromatic carbocycles. The fourth-order valence-corrected chi connectivity index (χ4v) is 3.28. The second-order valence-electron chi connectivity index (χ2n) is 6.86. The molecule has 1 aliphatic heterocycles. The van der Waals surface area contributed by atoms with E-state index in [4.69, 9.17) is 4.74 Å². The third kappa shape index (κ3) is 4.04. The fourth-order valence-electron chi connectivity index (χ4n) is 3.28. The molecule has 2 N–H and O–H groups in total. The van der Waals surface area contributed by atoms with Crippen LogP contribution >= 0.6 is 0 Å². The van der Waals surface area contributed by atoms with Gasteiger partial charge in [0.15, 0.2) is 0 Å². The third-order valence-corrected chi connectivity index (χ3v) is 5.19. The lowest BCUT2D eigenvalue weighted by Gasteiger charge is -2.36. The lowest BCUT2D eigenvalue weighted by molar-refractivity contribution is -0.0163. The zero-order chi connectivity index (χ0) is 16.8. The van der Waals surface area contributed by atoms with Crippen molar-refractivity contribution in [3.05, 3.63) is 60.2 Å². The van der Waals surface area contributed by atoms with E-state index in [2.05, 4.69) is 60.8 Å². The second-order valence-corrected chi connectivity index (χ2v) is 6.86. The van der Waals surface area contributed by atoms with Crippen molar-refractivity contribution in [2.24, 2.45) is 5.41 Å². The van der Waals surface area contributed by atoms with Crippen molar-refractivity contribution in [3.63, 3.8) is 0 Å². The van der Waals surface area contributed by atoms with Crippen molar-refractivity contribution in [1.29, 1.82) is 0 Å². The van der Waals surface area contributed by atoms with Gasteiger partial charge in [-0.2, -0.15) is 0 Å². The van der Waals surface area contributed by atoms with Gasteiger partial charge in [-0.15, -0.1) is 0 Å². The first-order valence-electron chi connectivity index (χ1n) is 8.80. The Morgan fingerprint density at radius 3 is 2.25 bits per heavy atom. The third-order valence-electron chi connectivity index (χ3n) is 5.19. The average Bonchev–Trinajstić information content (AvgIpc) is 2.68. The second kappa shape index (κ2) is 7.93. The van der Waals surface area contributed by atoms with Gasteiger partial charge in [-0.3, -0.25) is 0 Å². The lowest BCUT2D eigenvalue weighted by Crippen LogP contribution is -2.42. The van der Waals surface area contributed by atoms with E-state index in [-0.39, 0.29) is 18.1 Å². The van der Waals surface area contributed by atoms with Crippen molar-refractivity contribution in [2.45, 2.75) is 25.8 Å². The number of nitrogens with one attached hydrogen (secondary N) is 1. The number of rotatable bonds is 6. The molecule has 1 heterocycles. The molecule has 0 bridgehead atoms. The minimum atomic E-state index is -0.0313. The van der Waals surface area contributed by atoms with Gasteiger partial charge < -0.3 is 15.2 Å². The quantitative estimate of drug-likeness (QED) is 0.849. The highest BCUT2D eigenvalue weighted by molar-refractivity contribution is 5.63. The Kier molecular flexibility index (Phi) is 5.67. The van der Waals surface area contributed by atoms with E-state index in [9.17, 15) is 5.11 Å². The zero-order valence-electron chi connectivity index (χ0n) is 14.4. The maximum Gasteiger partial charge on any atom is 0.0501 e. The summed E-state index contributed by atoms with van der Waals surface area (Å²) in [5, 5.41) is 13.4. The topological polar surface area (TPSA) is 41.5 Å². The van der Waals surface area contributed by atoms with E-state index in [0.717, 1.165) is 32.6 Å². The summed E-state index contributed by atoms with van der Waals surface area (Å²) in [4.78, 5) is 0. The SMILES string of the molecule is CC(NCC1(CO)CCOCC1)c1ccc(-c2ccccc2)cc1. The van der Waals surface area contributed by atoms with Gasteiger partial charge in [-0.05, 0) is 36.5 Å². The number of hydrogen-bond donors (Lipinski definition) is 2. The van der Waals surface area contributed by atoms with Gasteiger partial charge in [0.05, 0.1) is 6.61 Å². The fraction of sp³-hybridized carbons (Fsp3) is 0.429. The van der Waals surface area contributed by atoms with Gasteiger partial charge in [0.1, 0.15) is 0 Å². The molecule has 0 saturated carbocycles. The first kappa shape index (κ1) is 17.2. The van der Waals surface area contributed by atoms with E-state index in [1.165, 1.54) is 16.7 Å². The molecule has 0 aliphatic carbocycles. The monoisotopic (exact) mass is 325 g/mol. The summed E-state index contributed by atoms with van der Waals surface area (Å²) >= 11 is 0. The van der Waals surface area contributed by atoms with E-state index in [1.54, 1.807) is 0 Å². The van der Waals surface area contributed by atoms with Gasteiger partial charge in [-0.1, -0.05) is 54.6 Å². The molecule has 3 rings (SSSR count). The normalized spacial score (nSPS) is 18.2. The summed E-state index contributed by atoms with van der Waals surface area (Å²) < 4.78 is 5.43. The first-order chi connectivity index (χ1) is 11.7. The molecule has 1 unspecified atom stereocenters. The van der Waals surface area contributed by atoms with Crippen LogP contribution in [0.25, 0.3) is 11.1 Å². The summed E-state index contributed by atoms with van der Waals surface area (Å²) in [6.07, 6.45) is 1.85. The lowest BCUT2D eigenvalue weighted by atomic mass is 9.80. The van der Waals surface area contributed by atoms with Crippen LogP contribution < -0.4 is 5.32 Å². The summed E-state index contributed by atoms with van der Waals surface area (Å²) in [6.45, 7) is 4.74. The number of benzene rings is 2. The highest BCUT2D eigenvalue weighted by atomic mass is 16.5. The Balaban J connectivity index is 1.62. The minimum absolute atomic E-state index is 0.0313. The summed E-state index contributed by atoms with van der Waals surface area (Å²) in [5.74, 6) is 0. The molecule has 0 amide bonds. The highest BCUT2D eigenvalue weighted by Crippen LogP contribution is 2.30. The zero-order valence-corrected chi connectivity index (χ0v) is 14.4. The van der Waals surface area contributed by atoms with Crippen LogP contribution in [0.1, 0.15) is 31.4 Å². The standard InChI is InChI=1S/C21H27NO2/c1-17(22-15-21(16-23)11-13-24-14-12-21)18-7-9-20(10-8-18)19-5-3-2-4-6-19/h2-10,17,22-23H,11-16H2,1H3. The van der Waals surface area contributed by atoms with E-state index >= 15 is 0 Å². The Labute approximate surface area is 144 Å². The molecular weight excluding hydrogens is 298 g/mol. The van der Waals surface area contributed by atoms with Gasteiger partial charge in [0, 0.05) is 31.2 Å². The Hall–Kier alpha value is -1.68. The molecule has 1 atom stereocenters. The molecule has 2 aromatic rings. The molecule has 0 aromatic heterocycles. The molecule has 0 spiro atoms. The van der Waals surface area contributed by atoms with Crippen LogP contribution in [0.2, 0.25) is 0 Å². The van der Waals surface area contributed by atoms with E-state index in [0.29, 0.717) is 0 Å². The first-order valence-corrected chi connectivity index (χ1v) is 8.80. The number of aliphatic hydroxyl groups is 1. The number of hydrogen-bond acceptors (Lipinski definition) is 3. The predicted molar refractivity (Wildman–Crippen MR) is 97.9 cm³/mol. The smallest absolute Gasteiger partial charge is 0.0501 e. The molecular formula is C21H27NO2. The van der Waals surface area contributed by atoms with E-state index in [1.807, 2.05) is 6.07 Å². The Morgan fingerprint density at radius 2 is 1.62 bits per heavy atom. The minimum Gasteiger partial charge on any atom is -0.396 e. The average molecular weight is 325 g/mol. The van der Waals surface area contributed by atoms with Crippen molar-refractivity contribution < 1.29 is 9.84 Å². The van der Waals surface area contributed by atoms with Gasteiger partial charge in [0.25, 0.3) is 0 Å². The van der Waals surface area contributed by atoms with Crippen molar-refractivity contribution >= 4 is 0 Å². The van der Waals surface area contributed by atoms with Crippen molar-refractivity contribution in [3.8, 4) is 11.1 Å². The van der Waals surface area contributed by atoms with Crippen LogP contribution in [0.15, 0.2) is 54.6 Å². The van der Waals surface area contributed by atoms with Gasteiger partial charge >= 0.3 is 0 Å². The largest absolute Gasteiger partial charge is 0.396 e. The van der Waals surface area contributed by atoms with Crippen molar-refractivity contribution in [1.82, 2.24) is 5.32 Å². The molecule has 0 radical (unpaired) electrons. The van der Waals surface area contributed by atoms with Crippen molar-refractivity contribution in [2.75, 3.05) is 26.4 Å². The predicted octanol–water partition coefficient (Wildman–Crippen LogP) is 3.79. The summed E-state index contributed by atoms with van der Waals surface area (Å²) in [6, 6.07) is 19.4. The molecule has 1 fully saturated rings. The molecule has 24 heavy (non-hydrogen) atoms. The van der Waals surface area contributed by atoms with Gasteiger partial charge in [-0.25, -0.2) is 0 Å². The molecule has 1 aliphatic rings. The van der Waals surface area contributed by atoms with Crippen LogP contribution in [0.4, 0.5) is 0 Å². The van der Waals surface area contributed by atoms with E-state index < -0.39 is 0 Å². The Bertz CT molecular complexity index is 618. The maximum atomic E-state index is 9.79. The number of ether oxygens (including phenoxy) is 1. The summed E-state index contributed by atoms with van der Waals surface area (Å²) in [7, 11) is 0. The van der Waals surface area contributed by atoms with Crippen LogP contribution in [0.3, 0.4) is 0 Å². The van der Waals surface area contributed by atoms with Gasteiger partial charge in [0.2, 0.25) is 0 Å². The highest BCUT2D eigenvalue weighted by Gasteiger charge is 2.32. The summed E-state index contributed by atoms with van der Waals surface area (Å²) in [5.41, 5.74) is 3.72. The Morgan fingerprint density at radius 1 is 1.00 bits per heavy atom. The molecule has 128 valence electrons. The van der Waals surface area contributed by atoms with Crippen LogP contribution in [0.5, 0.6) is 0 Å². The molecule has 1 saturated heterocycles. The van der Waals surface area contributed by atoms with Crippen LogP contribution in [-0.2, 0) is 4.74 Å². The maximum absolute atomic E-state index is 9.79. The van der Waals surface area contributed by atoms with Crippen LogP contribution in [-0.4, -0.2) is 31.5 Å². The molecule has 3 heteroatoms. The number of aliphatic hydroxyl groups excluding tert-OH is 1. The molecule has 3 nitrogen and oxygen atoms in total.